The highest BCUT2D eigenvalue weighted by Gasteiger charge is 2.30. The molecule has 1 fully saturated rings. The SMILES string of the molecule is Cc1ccnc([C@@H]2CN(C(=O)c3c(C)noc3C)CCO2)n1. The van der Waals surface area contributed by atoms with E-state index in [1.807, 2.05) is 13.0 Å². The normalized spacial score (nSPS) is 18.5. The Balaban J connectivity index is 1.80. The molecule has 0 aliphatic carbocycles. The summed E-state index contributed by atoms with van der Waals surface area (Å²) in [5.74, 6) is 1.06. The fourth-order valence-electron chi connectivity index (χ4n) is 2.56. The van der Waals surface area contributed by atoms with Crippen molar-refractivity contribution in [3.63, 3.8) is 0 Å². The third-order valence-electron chi connectivity index (χ3n) is 3.70. The first kappa shape index (κ1) is 14.6. The largest absolute Gasteiger partial charge is 0.367 e. The van der Waals surface area contributed by atoms with Gasteiger partial charge in [-0.05, 0) is 26.8 Å². The molecule has 7 nitrogen and oxygen atoms in total. The van der Waals surface area contributed by atoms with Crippen LogP contribution in [0.15, 0.2) is 16.8 Å². The molecule has 0 spiro atoms. The van der Waals surface area contributed by atoms with Gasteiger partial charge in [-0.2, -0.15) is 0 Å². The summed E-state index contributed by atoms with van der Waals surface area (Å²) < 4.78 is 10.8. The van der Waals surface area contributed by atoms with E-state index in [9.17, 15) is 4.79 Å². The summed E-state index contributed by atoms with van der Waals surface area (Å²) in [6.07, 6.45) is 1.40. The third-order valence-corrected chi connectivity index (χ3v) is 3.70. The molecule has 3 heterocycles. The van der Waals surface area contributed by atoms with Crippen LogP contribution in [-0.2, 0) is 4.74 Å². The van der Waals surface area contributed by atoms with Gasteiger partial charge >= 0.3 is 0 Å². The number of nitrogens with zero attached hydrogens (tertiary/aromatic N) is 4. The highest BCUT2D eigenvalue weighted by molar-refractivity contribution is 5.96. The molecule has 0 bridgehead atoms. The van der Waals surface area contributed by atoms with E-state index < -0.39 is 0 Å². The summed E-state index contributed by atoms with van der Waals surface area (Å²) >= 11 is 0. The van der Waals surface area contributed by atoms with Crippen LogP contribution >= 0.6 is 0 Å². The molecule has 7 heteroatoms. The minimum Gasteiger partial charge on any atom is -0.367 e. The molecule has 0 radical (unpaired) electrons. The molecule has 0 aromatic carbocycles. The summed E-state index contributed by atoms with van der Waals surface area (Å²) in [7, 11) is 0. The van der Waals surface area contributed by atoms with Gasteiger partial charge in [0.25, 0.3) is 5.91 Å². The van der Waals surface area contributed by atoms with E-state index in [0.717, 1.165) is 5.69 Å². The molecule has 2 aromatic rings. The fraction of sp³-hybridized carbons (Fsp3) is 0.467. The van der Waals surface area contributed by atoms with Gasteiger partial charge in [0.05, 0.1) is 18.8 Å². The third kappa shape index (κ3) is 2.71. The van der Waals surface area contributed by atoms with Crippen molar-refractivity contribution in [3.05, 3.63) is 40.8 Å². The van der Waals surface area contributed by atoms with Crippen LogP contribution < -0.4 is 0 Å². The number of carbonyl (C=O) groups is 1. The summed E-state index contributed by atoms with van der Waals surface area (Å²) in [5, 5.41) is 3.84. The Labute approximate surface area is 128 Å². The topological polar surface area (TPSA) is 81.4 Å². The second-order valence-electron chi connectivity index (χ2n) is 5.37. The predicted octanol–water partition coefficient (Wildman–Crippen LogP) is 1.60. The van der Waals surface area contributed by atoms with E-state index in [2.05, 4.69) is 15.1 Å². The lowest BCUT2D eigenvalue weighted by Gasteiger charge is -2.32. The highest BCUT2D eigenvalue weighted by Crippen LogP contribution is 2.22. The number of hydrogen-bond donors (Lipinski definition) is 0. The molecule has 2 aromatic heterocycles. The number of ether oxygens (including phenoxy) is 1. The van der Waals surface area contributed by atoms with E-state index >= 15 is 0 Å². The van der Waals surface area contributed by atoms with Crippen molar-refractivity contribution < 1.29 is 14.1 Å². The molecule has 1 aliphatic rings. The number of morpholine rings is 1. The number of amides is 1. The smallest absolute Gasteiger partial charge is 0.259 e. The fourth-order valence-corrected chi connectivity index (χ4v) is 2.56. The zero-order valence-corrected chi connectivity index (χ0v) is 12.9. The van der Waals surface area contributed by atoms with Crippen LogP contribution in [0.5, 0.6) is 0 Å². The van der Waals surface area contributed by atoms with Gasteiger partial charge in [-0.25, -0.2) is 9.97 Å². The van der Waals surface area contributed by atoms with Crippen LogP contribution in [0.2, 0.25) is 0 Å². The summed E-state index contributed by atoms with van der Waals surface area (Å²) in [6, 6.07) is 1.83. The van der Waals surface area contributed by atoms with Crippen LogP contribution in [0.25, 0.3) is 0 Å². The first-order valence-corrected chi connectivity index (χ1v) is 7.19. The molecule has 1 saturated heterocycles. The molecular weight excluding hydrogens is 284 g/mol. The molecule has 3 rings (SSSR count). The maximum Gasteiger partial charge on any atom is 0.259 e. The zero-order valence-electron chi connectivity index (χ0n) is 12.9. The van der Waals surface area contributed by atoms with Gasteiger partial charge in [-0.3, -0.25) is 4.79 Å². The minimum absolute atomic E-state index is 0.0859. The maximum absolute atomic E-state index is 12.7. The molecule has 22 heavy (non-hydrogen) atoms. The van der Waals surface area contributed by atoms with E-state index in [1.165, 1.54) is 0 Å². The molecule has 0 unspecified atom stereocenters. The first-order valence-electron chi connectivity index (χ1n) is 7.19. The predicted molar refractivity (Wildman–Crippen MR) is 77.3 cm³/mol. The number of carbonyl (C=O) groups excluding carboxylic acids is 1. The van der Waals surface area contributed by atoms with E-state index in [4.69, 9.17) is 9.26 Å². The summed E-state index contributed by atoms with van der Waals surface area (Å²) in [6.45, 7) is 6.83. The Bertz CT molecular complexity index is 678. The van der Waals surface area contributed by atoms with Gasteiger partial charge in [-0.15, -0.1) is 0 Å². The standard InChI is InChI=1S/C15H18N4O3/c1-9-4-5-16-14(17-9)12-8-19(6-7-21-12)15(20)13-10(2)18-22-11(13)3/h4-5,12H,6-8H2,1-3H3/t12-/m0/s1. The van der Waals surface area contributed by atoms with Crippen molar-refractivity contribution in [3.8, 4) is 0 Å². The lowest BCUT2D eigenvalue weighted by molar-refractivity contribution is -0.0269. The van der Waals surface area contributed by atoms with Gasteiger partial charge in [0.2, 0.25) is 0 Å². The first-order chi connectivity index (χ1) is 10.6. The minimum atomic E-state index is -0.307. The monoisotopic (exact) mass is 302 g/mol. The second kappa shape index (κ2) is 5.84. The van der Waals surface area contributed by atoms with Crippen molar-refractivity contribution in [2.75, 3.05) is 19.7 Å². The van der Waals surface area contributed by atoms with Crippen LogP contribution in [0.3, 0.4) is 0 Å². The summed E-state index contributed by atoms with van der Waals surface area (Å²) in [4.78, 5) is 23.1. The number of aryl methyl sites for hydroxylation is 3. The average molecular weight is 302 g/mol. The molecule has 0 saturated carbocycles. The van der Waals surface area contributed by atoms with Crippen molar-refractivity contribution in [2.24, 2.45) is 0 Å². The molecule has 0 N–H and O–H groups in total. The van der Waals surface area contributed by atoms with Crippen molar-refractivity contribution in [1.82, 2.24) is 20.0 Å². The van der Waals surface area contributed by atoms with Crippen molar-refractivity contribution >= 4 is 5.91 Å². The average Bonchev–Trinajstić information content (AvgIpc) is 2.86. The quantitative estimate of drug-likeness (QED) is 0.838. The molecule has 1 amide bonds. The Morgan fingerprint density at radius 1 is 1.36 bits per heavy atom. The van der Waals surface area contributed by atoms with Gasteiger partial charge in [0, 0.05) is 18.4 Å². The van der Waals surface area contributed by atoms with E-state index in [-0.39, 0.29) is 12.0 Å². The number of rotatable bonds is 2. The van der Waals surface area contributed by atoms with E-state index in [1.54, 1.807) is 24.9 Å². The zero-order chi connectivity index (χ0) is 15.7. The maximum atomic E-state index is 12.7. The van der Waals surface area contributed by atoms with Crippen LogP contribution in [0.4, 0.5) is 0 Å². The van der Waals surface area contributed by atoms with Crippen LogP contribution in [0, 0.1) is 20.8 Å². The van der Waals surface area contributed by atoms with Gasteiger partial charge in [0.1, 0.15) is 17.4 Å². The van der Waals surface area contributed by atoms with Crippen LogP contribution in [-0.4, -0.2) is 45.6 Å². The molecular formula is C15H18N4O3. The van der Waals surface area contributed by atoms with E-state index in [0.29, 0.717) is 42.5 Å². The Morgan fingerprint density at radius 3 is 2.86 bits per heavy atom. The summed E-state index contributed by atoms with van der Waals surface area (Å²) in [5.41, 5.74) is 2.02. The van der Waals surface area contributed by atoms with Crippen molar-refractivity contribution in [2.45, 2.75) is 26.9 Å². The van der Waals surface area contributed by atoms with Crippen molar-refractivity contribution in [1.29, 1.82) is 0 Å². The lowest BCUT2D eigenvalue weighted by atomic mass is 10.1. The Kier molecular flexibility index (Phi) is 3.89. The van der Waals surface area contributed by atoms with Gasteiger partial charge in [-0.1, -0.05) is 5.16 Å². The molecule has 1 atom stereocenters. The highest BCUT2D eigenvalue weighted by atomic mass is 16.5. The van der Waals surface area contributed by atoms with Crippen LogP contribution in [0.1, 0.15) is 39.4 Å². The molecule has 1 aliphatic heterocycles. The van der Waals surface area contributed by atoms with Gasteiger partial charge < -0.3 is 14.2 Å². The second-order valence-corrected chi connectivity index (χ2v) is 5.37. The number of hydrogen-bond acceptors (Lipinski definition) is 6. The Hall–Kier alpha value is -2.28. The molecule has 116 valence electrons. The Morgan fingerprint density at radius 2 is 2.18 bits per heavy atom. The van der Waals surface area contributed by atoms with Gasteiger partial charge in [0.15, 0.2) is 5.82 Å². The lowest BCUT2D eigenvalue weighted by Crippen LogP contribution is -2.43. The number of aromatic nitrogens is 3.